The number of carbonyl (C=O) groups excluding carboxylic acids is 2. The number of carbonyl (C=O) groups is 2. The highest BCUT2D eigenvalue weighted by Gasteiger charge is 2.34. The Morgan fingerprint density at radius 2 is 1.89 bits per heavy atom. The SMILES string of the molecule is CCCCCn1cc(C(=O)Nc2ccc(CC)cc2)nc1-c1ccc2c(c1)CCC2C(CC)C(=O)OC. The molecule has 1 amide bonds. The molecule has 2 atom stereocenters. The fourth-order valence-electron chi connectivity index (χ4n) is 5.45. The predicted molar refractivity (Wildman–Crippen MR) is 148 cm³/mol. The van der Waals surface area contributed by atoms with Crippen molar-refractivity contribution < 1.29 is 14.3 Å². The number of rotatable bonds is 11. The summed E-state index contributed by atoms with van der Waals surface area (Å²) in [6.45, 7) is 7.16. The molecule has 4 rings (SSSR count). The number of anilines is 1. The smallest absolute Gasteiger partial charge is 0.309 e. The average Bonchev–Trinajstić information content (AvgIpc) is 3.54. The number of nitrogens with one attached hydrogen (secondary N) is 1. The Balaban J connectivity index is 1.61. The summed E-state index contributed by atoms with van der Waals surface area (Å²) in [7, 11) is 1.47. The van der Waals surface area contributed by atoms with Crippen molar-refractivity contribution >= 4 is 17.6 Å². The van der Waals surface area contributed by atoms with Gasteiger partial charge in [-0.15, -0.1) is 0 Å². The van der Waals surface area contributed by atoms with E-state index in [9.17, 15) is 9.59 Å². The Labute approximate surface area is 220 Å². The van der Waals surface area contributed by atoms with E-state index in [4.69, 9.17) is 9.72 Å². The van der Waals surface area contributed by atoms with Gasteiger partial charge in [-0.1, -0.05) is 57.9 Å². The van der Waals surface area contributed by atoms with Crippen LogP contribution in [0.5, 0.6) is 0 Å². The molecule has 2 unspecified atom stereocenters. The summed E-state index contributed by atoms with van der Waals surface area (Å²) in [5.74, 6) is 0.551. The number of hydrogen-bond donors (Lipinski definition) is 1. The van der Waals surface area contributed by atoms with Crippen LogP contribution < -0.4 is 5.32 Å². The molecule has 0 radical (unpaired) electrons. The van der Waals surface area contributed by atoms with Crippen LogP contribution in [0.2, 0.25) is 0 Å². The van der Waals surface area contributed by atoms with E-state index in [1.54, 1.807) is 0 Å². The highest BCUT2D eigenvalue weighted by Crippen LogP contribution is 2.41. The minimum absolute atomic E-state index is 0.116. The molecule has 37 heavy (non-hydrogen) atoms. The van der Waals surface area contributed by atoms with Gasteiger partial charge in [0.15, 0.2) is 0 Å². The summed E-state index contributed by atoms with van der Waals surface area (Å²) < 4.78 is 7.19. The van der Waals surface area contributed by atoms with E-state index in [1.807, 2.05) is 37.4 Å². The van der Waals surface area contributed by atoms with Gasteiger partial charge in [-0.25, -0.2) is 4.98 Å². The van der Waals surface area contributed by atoms with Gasteiger partial charge in [-0.05, 0) is 72.9 Å². The van der Waals surface area contributed by atoms with Crippen molar-refractivity contribution in [1.82, 2.24) is 9.55 Å². The van der Waals surface area contributed by atoms with Crippen molar-refractivity contribution in [3.05, 3.63) is 71.0 Å². The second kappa shape index (κ2) is 12.2. The van der Waals surface area contributed by atoms with E-state index in [1.165, 1.54) is 23.8 Å². The Bertz CT molecular complexity index is 1230. The third-order valence-corrected chi connectivity index (χ3v) is 7.59. The number of esters is 1. The summed E-state index contributed by atoms with van der Waals surface area (Å²) in [4.78, 5) is 30.3. The normalized spacial score (nSPS) is 15.3. The Hall–Kier alpha value is -3.41. The number of ether oxygens (including phenoxy) is 1. The fraction of sp³-hybridized carbons (Fsp3) is 0.452. The van der Waals surface area contributed by atoms with Crippen LogP contribution in [-0.4, -0.2) is 28.5 Å². The largest absolute Gasteiger partial charge is 0.469 e. The average molecular weight is 502 g/mol. The Kier molecular flexibility index (Phi) is 8.80. The summed E-state index contributed by atoms with van der Waals surface area (Å²) in [6, 6.07) is 14.4. The summed E-state index contributed by atoms with van der Waals surface area (Å²) in [5.41, 5.74) is 5.92. The maximum Gasteiger partial charge on any atom is 0.309 e. The molecule has 196 valence electrons. The van der Waals surface area contributed by atoms with Gasteiger partial charge in [0.25, 0.3) is 5.91 Å². The van der Waals surface area contributed by atoms with Crippen LogP contribution in [0.3, 0.4) is 0 Å². The molecule has 6 heteroatoms. The first-order chi connectivity index (χ1) is 18.0. The number of nitrogens with zero attached hydrogens (tertiary/aromatic N) is 2. The van der Waals surface area contributed by atoms with Gasteiger partial charge in [0.1, 0.15) is 11.5 Å². The summed E-state index contributed by atoms with van der Waals surface area (Å²) in [5, 5.41) is 2.99. The number of fused-ring (bicyclic) bond motifs is 1. The Morgan fingerprint density at radius 3 is 2.57 bits per heavy atom. The number of hydrogen-bond acceptors (Lipinski definition) is 4. The molecular weight excluding hydrogens is 462 g/mol. The molecule has 0 aliphatic heterocycles. The van der Waals surface area contributed by atoms with Crippen LogP contribution in [0.4, 0.5) is 5.69 Å². The molecule has 0 saturated carbocycles. The van der Waals surface area contributed by atoms with E-state index in [-0.39, 0.29) is 23.7 Å². The number of unbranched alkanes of at least 4 members (excludes halogenated alkanes) is 2. The molecule has 0 saturated heterocycles. The van der Waals surface area contributed by atoms with Gasteiger partial charge >= 0.3 is 5.97 Å². The number of methoxy groups -OCH3 is 1. The first-order valence-corrected chi connectivity index (χ1v) is 13.7. The highest BCUT2D eigenvalue weighted by atomic mass is 16.5. The standard InChI is InChI=1S/C31H39N3O3/c1-5-8-9-18-34-20-28(30(35)32-24-14-10-21(6-2)11-15-24)33-29(34)23-13-16-26-22(19-23)12-17-27(26)25(7-3)31(36)37-4/h10-11,13-16,19-20,25,27H,5-9,12,17-18H2,1-4H3,(H,32,35). The zero-order chi connectivity index (χ0) is 26.4. The number of imidazole rings is 1. The van der Waals surface area contributed by atoms with Gasteiger partial charge in [0.05, 0.1) is 13.0 Å². The lowest BCUT2D eigenvalue weighted by molar-refractivity contribution is -0.146. The third-order valence-electron chi connectivity index (χ3n) is 7.59. The minimum Gasteiger partial charge on any atom is -0.469 e. The molecule has 1 N–H and O–H groups in total. The molecule has 6 nitrogen and oxygen atoms in total. The van der Waals surface area contributed by atoms with Gasteiger partial charge in [0.2, 0.25) is 0 Å². The first-order valence-electron chi connectivity index (χ1n) is 13.7. The van der Waals surface area contributed by atoms with Gasteiger partial charge < -0.3 is 14.6 Å². The number of amides is 1. The van der Waals surface area contributed by atoms with E-state index >= 15 is 0 Å². The third kappa shape index (κ3) is 5.95. The minimum atomic E-state index is -0.204. The highest BCUT2D eigenvalue weighted by molar-refractivity contribution is 6.03. The van der Waals surface area contributed by atoms with Crippen molar-refractivity contribution in [3.8, 4) is 11.4 Å². The molecule has 1 aliphatic rings. The molecule has 0 spiro atoms. The van der Waals surface area contributed by atoms with Gasteiger partial charge in [0, 0.05) is 24.0 Å². The van der Waals surface area contributed by atoms with Crippen LogP contribution in [0.1, 0.15) is 86.0 Å². The van der Waals surface area contributed by atoms with Crippen molar-refractivity contribution in [1.29, 1.82) is 0 Å². The number of benzene rings is 2. The van der Waals surface area contributed by atoms with Crippen LogP contribution in [0.15, 0.2) is 48.7 Å². The van der Waals surface area contributed by atoms with Crippen molar-refractivity contribution in [2.24, 2.45) is 5.92 Å². The lowest BCUT2D eigenvalue weighted by Crippen LogP contribution is -2.21. The molecule has 3 aromatic rings. The number of aryl methyl sites for hydroxylation is 3. The zero-order valence-electron chi connectivity index (χ0n) is 22.5. The van der Waals surface area contributed by atoms with Gasteiger partial charge in [-0.2, -0.15) is 0 Å². The van der Waals surface area contributed by atoms with Crippen LogP contribution in [0.25, 0.3) is 11.4 Å². The monoisotopic (exact) mass is 501 g/mol. The van der Waals surface area contributed by atoms with Crippen molar-refractivity contribution in [2.45, 2.75) is 78.2 Å². The second-order valence-electron chi connectivity index (χ2n) is 9.95. The van der Waals surface area contributed by atoms with Gasteiger partial charge in [-0.3, -0.25) is 9.59 Å². The molecule has 0 bridgehead atoms. The first kappa shape index (κ1) is 26.6. The Morgan fingerprint density at radius 1 is 1.11 bits per heavy atom. The molecule has 0 fully saturated rings. The molecule has 1 aromatic heterocycles. The van der Waals surface area contributed by atoms with E-state index in [0.29, 0.717) is 5.69 Å². The van der Waals surface area contributed by atoms with E-state index in [0.717, 1.165) is 68.6 Å². The zero-order valence-corrected chi connectivity index (χ0v) is 22.5. The molecule has 1 heterocycles. The second-order valence-corrected chi connectivity index (χ2v) is 9.95. The topological polar surface area (TPSA) is 73.2 Å². The predicted octanol–water partition coefficient (Wildman–Crippen LogP) is 6.78. The van der Waals surface area contributed by atoms with Crippen LogP contribution in [-0.2, 0) is 28.9 Å². The van der Waals surface area contributed by atoms with Crippen molar-refractivity contribution in [2.75, 3.05) is 12.4 Å². The van der Waals surface area contributed by atoms with Crippen LogP contribution >= 0.6 is 0 Å². The van der Waals surface area contributed by atoms with E-state index < -0.39 is 0 Å². The van der Waals surface area contributed by atoms with E-state index in [2.05, 4.69) is 41.9 Å². The molecule has 1 aliphatic carbocycles. The molecule has 2 aromatic carbocycles. The maximum absolute atomic E-state index is 13.1. The summed E-state index contributed by atoms with van der Waals surface area (Å²) >= 11 is 0. The lowest BCUT2D eigenvalue weighted by atomic mass is 9.85. The quantitative estimate of drug-likeness (QED) is 0.232. The van der Waals surface area contributed by atoms with Crippen LogP contribution in [0, 0.1) is 5.92 Å². The maximum atomic E-state index is 13.1. The lowest BCUT2D eigenvalue weighted by Gasteiger charge is -2.21. The fourth-order valence-corrected chi connectivity index (χ4v) is 5.45. The summed E-state index contributed by atoms with van der Waals surface area (Å²) in [6.07, 6.45) is 8.76. The number of aromatic nitrogens is 2. The molecular formula is C31H39N3O3. The van der Waals surface area contributed by atoms with Crippen molar-refractivity contribution in [3.63, 3.8) is 0 Å².